The van der Waals surface area contributed by atoms with Gasteiger partial charge in [0.15, 0.2) is 9.84 Å². The molecule has 1 saturated heterocycles. The summed E-state index contributed by atoms with van der Waals surface area (Å²) in [6.07, 6.45) is 11.4. The number of rotatable bonds is 5. The summed E-state index contributed by atoms with van der Waals surface area (Å²) in [4.78, 5) is 0. The van der Waals surface area contributed by atoms with Gasteiger partial charge in [-0.3, -0.25) is 9.13 Å². The molecule has 1 aliphatic carbocycles. The van der Waals surface area contributed by atoms with Gasteiger partial charge in [0.2, 0.25) is 0 Å². The van der Waals surface area contributed by atoms with Gasteiger partial charge in [-0.25, -0.2) is 0 Å². The number of hydrogen-bond acceptors (Lipinski definition) is 2. The Kier molecular flexibility index (Phi) is 5.32. The highest BCUT2D eigenvalue weighted by Crippen LogP contribution is 2.31. The molecule has 4 heteroatoms. The molecule has 2 nitrogen and oxygen atoms in total. The Labute approximate surface area is 111 Å². The highest BCUT2D eigenvalue weighted by molar-refractivity contribution is 9.09. The Hall–Kier alpha value is 0.617. The van der Waals surface area contributed by atoms with Crippen LogP contribution >= 0.6 is 15.9 Å². The van der Waals surface area contributed by atoms with Gasteiger partial charge < -0.3 is 0 Å². The lowest BCUT2D eigenvalue weighted by molar-refractivity contribution is 0.108. The summed E-state index contributed by atoms with van der Waals surface area (Å²) in [5, 5.41) is 0.596. The fraction of sp³-hybridized carbons (Fsp3) is 1.00. The summed E-state index contributed by atoms with van der Waals surface area (Å²) in [6, 6.07) is 0.923. The van der Waals surface area contributed by atoms with Crippen molar-refractivity contribution in [3.63, 3.8) is 0 Å². The minimum Gasteiger partial charge on any atom is -0.293 e. The van der Waals surface area contributed by atoms with Gasteiger partial charge in [-0.1, -0.05) is 55.0 Å². The molecular formula is C12H25BrN2Si. The van der Waals surface area contributed by atoms with Crippen molar-refractivity contribution in [2.24, 2.45) is 0 Å². The smallest absolute Gasteiger partial charge is 0.177 e. The lowest BCUT2D eigenvalue weighted by Crippen LogP contribution is -2.67. The molecule has 1 aliphatic heterocycles. The van der Waals surface area contributed by atoms with Gasteiger partial charge in [0.1, 0.15) is 5.08 Å². The van der Waals surface area contributed by atoms with Gasteiger partial charge in [-0.2, -0.15) is 0 Å². The van der Waals surface area contributed by atoms with Gasteiger partial charge in [-0.05, 0) is 25.8 Å². The van der Waals surface area contributed by atoms with E-state index < -0.39 is 0 Å². The second-order valence-corrected chi connectivity index (χ2v) is 7.92. The summed E-state index contributed by atoms with van der Waals surface area (Å²) in [7, 11) is -0.0676. The summed E-state index contributed by atoms with van der Waals surface area (Å²) in [6.45, 7) is 3.62. The Balaban J connectivity index is 1.67. The van der Waals surface area contributed by atoms with Crippen LogP contribution in [0.2, 0.25) is 0 Å². The first-order chi connectivity index (χ1) is 7.83. The molecule has 1 heterocycles. The molecule has 1 saturated carbocycles. The summed E-state index contributed by atoms with van der Waals surface area (Å²) >= 11 is 3.87. The lowest BCUT2D eigenvalue weighted by Gasteiger charge is -2.52. The van der Waals surface area contributed by atoms with E-state index in [2.05, 4.69) is 32.0 Å². The molecular weight excluding hydrogens is 280 g/mol. The van der Waals surface area contributed by atoms with E-state index in [9.17, 15) is 0 Å². The number of unbranched alkanes of at least 4 members (excludes halogenated alkanes) is 2. The number of alkyl halides is 1. The van der Waals surface area contributed by atoms with Crippen LogP contribution in [0.5, 0.6) is 0 Å². The van der Waals surface area contributed by atoms with Crippen molar-refractivity contribution in [1.82, 2.24) is 9.13 Å². The fourth-order valence-corrected chi connectivity index (χ4v) is 6.00. The lowest BCUT2D eigenvalue weighted by atomic mass is 9.96. The van der Waals surface area contributed by atoms with Crippen molar-refractivity contribution in [3.8, 4) is 0 Å². The van der Waals surface area contributed by atoms with Crippen molar-refractivity contribution in [3.05, 3.63) is 0 Å². The molecule has 16 heavy (non-hydrogen) atoms. The van der Waals surface area contributed by atoms with Crippen molar-refractivity contribution in [1.29, 1.82) is 0 Å². The van der Waals surface area contributed by atoms with Gasteiger partial charge >= 0.3 is 0 Å². The van der Waals surface area contributed by atoms with Crippen LogP contribution in [0, 0.1) is 0 Å². The maximum Gasteiger partial charge on any atom is 0.177 e. The first-order valence-corrected chi connectivity index (χ1v) is 9.15. The van der Waals surface area contributed by atoms with Gasteiger partial charge in [0.25, 0.3) is 0 Å². The molecule has 2 fully saturated rings. The zero-order valence-corrected chi connectivity index (χ0v) is 13.5. The first kappa shape index (κ1) is 13.1. The monoisotopic (exact) mass is 304 g/mol. The second kappa shape index (κ2) is 6.52. The van der Waals surface area contributed by atoms with Crippen molar-refractivity contribution in [2.75, 3.05) is 6.54 Å². The van der Waals surface area contributed by atoms with Crippen LogP contribution in [-0.4, -0.2) is 36.6 Å². The van der Waals surface area contributed by atoms with Crippen LogP contribution < -0.4 is 0 Å². The third kappa shape index (κ3) is 3.09. The molecule has 1 unspecified atom stereocenters. The Morgan fingerprint density at radius 1 is 1.19 bits per heavy atom. The molecule has 0 aromatic carbocycles. The average Bonchev–Trinajstić information content (AvgIpc) is 2.33. The summed E-state index contributed by atoms with van der Waals surface area (Å²) in [5.74, 6) is 0. The predicted octanol–water partition coefficient (Wildman–Crippen LogP) is 2.80. The SMILES string of the molecule is CCCCCN1[SiH2]N(C2CCCCC2)C1Br. The first-order valence-electron chi connectivity index (χ1n) is 6.97. The van der Waals surface area contributed by atoms with E-state index >= 15 is 0 Å². The van der Waals surface area contributed by atoms with Crippen LogP contribution in [0.4, 0.5) is 0 Å². The van der Waals surface area contributed by atoms with Crippen LogP contribution in [0.25, 0.3) is 0 Å². The van der Waals surface area contributed by atoms with E-state index in [0.29, 0.717) is 5.08 Å². The Morgan fingerprint density at radius 3 is 2.56 bits per heavy atom. The zero-order chi connectivity index (χ0) is 11.4. The van der Waals surface area contributed by atoms with E-state index in [-0.39, 0.29) is 9.84 Å². The van der Waals surface area contributed by atoms with Crippen LogP contribution in [0.3, 0.4) is 0 Å². The molecule has 0 N–H and O–H groups in total. The standard InChI is InChI=1S/C12H25BrN2Si/c1-2-3-7-10-14-12(13)15(16-14)11-8-5-4-6-9-11/h11-12H,2-10,16H2,1H3. The average molecular weight is 305 g/mol. The largest absolute Gasteiger partial charge is 0.293 e. The van der Waals surface area contributed by atoms with Crippen molar-refractivity contribution in [2.45, 2.75) is 69.4 Å². The quantitative estimate of drug-likeness (QED) is 0.333. The summed E-state index contributed by atoms with van der Waals surface area (Å²) in [5.41, 5.74) is 0. The van der Waals surface area contributed by atoms with E-state index in [1.165, 1.54) is 57.9 Å². The maximum absolute atomic E-state index is 3.87. The normalized spacial score (nSPS) is 30.8. The third-order valence-electron chi connectivity index (χ3n) is 4.01. The van der Waals surface area contributed by atoms with Gasteiger partial charge in [0, 0.05) is 6.04 Å². The van der Waals surface area contributed by atoms with Crippen LogP contribution in [-0.2, 0) is 0 Å². The highest BCUT2D eigenvalue weighted by Gasteiger charge is 2.38. The third-order valence-corrected chi connectivity index (χ3v) is 8.40. The van der Waals surface area contributed by atoms with E-state index in [0.717, 1.165) is 6.04 Å². The molecule has 0 spiro atoms. The minimum atomic E-state index is -0.0676. The molecule has 0 radical (unpaired) electrons. The van der Waals surface area contributed by atoms with Crippen LogP contribution in [0.1, 0.15) is 58.3 Å². The van der Waals surface area contributed by atoms with Crippen LogP contribution in [0.15, 0.2) is 0 Å². The maximum atomic E-state index is 3.87. The number of hydrogen-bond donors (Lipinski definition) is 0. The molecule has 0 bridgehead atoms. The number of halogens is 1. The Bertz CT molecular complexity index is 209. The molecule has 94 valence electrons. The highest BCUT2D eigenvalue weighted by atomic mass is 79.9. The topological polar surface area (TPSA) is 6.48 Å². The summed E-state index contributed by atoms with van der Waals surface area (Å²) < 4.78 is 5.48. The van der Waals surface area contributed by atoms with E-state index in [1.807, 2.05) is 0 Å². The second-order valence-electron chi connectivity index (χ2n) is 5.28. The molecule has 0 amide bonds. The molecule has 0 aromatic heterocycles. The van der Waals surface area contributed by atoms with Gasteiger partial charge in [-0.15, -0.1) is 0 Å². The zero-order valence-electron chi connectivity index (χ0n) is 10.5. The number of nitrogens with zero attached hydrogens (tertiary/aromatic N) is 2. The van der Waals surface area contributed by atoms with E-state index in [4.69, 9.17) is 0 Å². The molecule has 2 rings (SSSR count). The van der Waals surface area contributed by atoms with Gasteiger partial charge in [0.05, 0.1) is 0 Å². The van der Waals surface area contributed by atoms with Crippen molar-refractivity contribution >= 4 is 25.8 Å². The molecule has 1 atom stereocenters. The molecule has 0 aromatic rings. The van der Waals surface area contributed by atoms with E-state index in [1.54, 1.807) is 0 Å². The predicted molar refractivity (Wildman–Crippen MR) is 76.2 cm³/mol. The minimum absolute atomic E-state index is 0.0676. The Morgan fingerprint density at radius 2 is 1.94 bits per heavy atom. The van der Waals surface area contributed by atoms with Crippen molar-refractivity contribution < 1.29 is 0 Å². The molecule has 2 aliphatic rings. The fourth-order valence-electron chi connectivity index (χ4n) is 2.90.